The summed E-state index contributed by atoms with van der Waals surface area (Å²) in [4.78, 5) is 8.43. The van der Waals surface area contributed by atoms with Crippen LogP contribution in [0, 0.1) is 0 Å². The van der Waals surface area contributed by atoms with Crippen LogP contribution in [0.4, 0.5) is 0 Å². The number of methoxy groups -OCH3 is 2. The maximum absolute atomic E-state index is 5.16. The van der Waals surface area contributed by atoms with Gasteiger partial charge in [0, 0.05) is 0 Å². The summed E-state index contributed by atoms with van der Waals surface area (Å²) in [5.41, 5.74) is 0.792. The largest absolute Gasteiger partial charge is 0.480 e. The molecule has 0 aliphatic carbocycles. The first-order valence-electron chi connectivity index (χ1n) is 4.91. The van der Waals surface area contributed by atoms with E-state index >= 15 is 0 Å². The zero-order valence-corrected chi connectivity index (χ0v) is 9.57. The number of hydrogen-bond acceptors (Lipinski definition) is 5. The summed E-state index contributed by atoms with van der Waals surface area (Å²) in [7, 11) is 3.13. The third-order valence-corrected chi connectivity index (χ3v) is 2.07. The lowest BCUT2D eigenvalue weighted by atomic mass is 10.2. The third kappa shape index (κ3) is 2.79. The van der Waals surface area contributed by atoms with E-state index < -0.39 is 0 Å². The van der Waals surface area contributed by atoms with Crippen molar-refractivity contribution in [2.24, 2.45) is 0 Å². The maximum atomic E-state index is 5.16. The van der Waals surface area contributed by atoms with E-state index in [9.17, 15) is 0 Å². The van der Waals surface area contributed by atoms with Crippen LogP contribution in [-0.4, -0.2) is 30.7 Å². The molecule has 15 heavy (non-hydrogen) atoms. The third-order valence-electron chi connectivity index (χ3n) is 2.07. The smallest absolute Gasteiger partial charge is 0.240 e. The standard InChI is InChI=1S/C10H17N3O2/c1-5-11-7(2)9-10(15-4)13-8(14-3)6-12-9/h6-7,11H,5H2,1-4H3. The van der Waals surface area contributed by atoms with E-state index in [-0.39, 0.29) is 6.04 Å². The van der Waals surface area contributed by atoms with Crippen molar-refractivity contribution in [1.82, 2.24) is 15.3 Å². The van der Waals surface area contributed by atoms with Crippen LogP contribution < -0.4 is 14.8 Å². The molecular formula is C10H17N3O2. The summed E-state index contributed by atoms with van der Waals surface area (Å²) in [5.74, 6) is 0.960. The van der Waals surface area contributed by atoms with E-state index in [0.29, 0.717) is 11.8 Å². The Balaban J connectivity index is 2.96. The van der Waals surface area contributed by atoms with Gasteiger partial charge in [-0.3, -0.25) is 0 Å². The Morgan fingerprint density at radius 1 is 1.40 bits per heavy atom. The SMILES string of the molecule is CCNC(C)c1ncc(OC)nc1OC. The van der Waals surface area contributed by atoms with Gasteiger partial charge in [0.2, 0.25) is 11.8 Å². The Kier molecular flexibility index (Phi) is 4.30. The molecule has 0 spiro atoms. The highest BCUT2D eigenvalue weighted by atomic mass is 16.5. The molecule has 0 amide bonds. The summed E-state index contributed by atoms with van der Waals surface area (Å²) in [5, 5.41) is 3.25. The van der Waals surface area contributed by atoms with Gasteiger partial charge in [-0.1, -0.05) is 6.92 Å². The van der Waals surface area contributed by atoms with Gasteiger partial charge in [0.05, 0.1) is 26.5 Å². The molecule has 0 saturated carbocycles. The van der Waals surface area contributed by atoms with Crippen molar-refractivity contribution < 1.29 is 9.47 Å². The fourth-order valence-corrected chi connectivity index (χ4v) is 1.31. The quantitative estimate of drug-likeness (QED) is 0.792. The van der Waals surface area contributed by atoms with E-state index in [1.807, 2.05) is 13.8 Å². The van der Waals surface area contributed by atoms with E-state index in [1.165, 1.54) is 0 Å². The Labute approximate surface area is 89.8 Å². The van der Waals surface area contributed by atoms with E-state index in [1.54, 1.807) is 20.4 Å². The summed E-state index contributed by atoms with van der Waals surface area (Å²) in [6, 6.07) is 0.114. The fraction of sp³-hybridized carbons (Fsp3) is 0.600. The molecule has 0 radical (unpaired) electrons. The molecule has 0 saturated heterocycles. The van der Waals surface area contributed by atoms with Crippen molar-refractivity contribution in [3.05, 3.63) is 11.9 Å². The summed E-state index contributed by atoms with van der Waals surface area (Å²) in [6.07, 6.45) is 1.59. The molecule has 0 bridgehead atoms. The first-order chi connectivity index (χ1) is 7.22. The van der Waals surface area contributed by atoms with Crippen LogP contribution in [0.2, 0.25) is 0 Å². The predicted octanol–water partition coefficient (Wildman–Crippen LogP) is 1.16. The molecule has 1 rings (SSSR count). The van der Waals surface area contributed by atoms with Gasteiger partial charge in [-0.2, -0.15) is 4.98 Å². The molecule has 0 aromatic carbocycles. The van der Waals surface area contributed by atoms with Crippen molar-refractivity contribution in [3.63, 3.8) is 0 Å². The van der Waals surface area contributed by atoms with E-state index in [0.717, 1.165) is 12.2 Å². The van der Waals surface area contributed by atoms with Gasteiger partial charge < -0.3 is 14.8 Å². The lowest BCUT2D eigenvalue weighted by Gasteiger charge is -2.14. The van der Waals surface area contributed by atoms with E-state index in [2.05, 4.69) is 15.3 Å². The summed E-state index contributed by atoms with van der Waals surface area (Å²) >= 11 is 0. The first kappa shape index (κ1) is 11.7. The molecule has 1 unspecified atom stereocenters. The molecule has 1 aromatic rings. The van der Waals surface area contributed by atoms with Gasteiger partial charge in [-0.25, -0.2) is 4.98 Å². The minimum absolute atomic E-state index is 0.114. The molecule has 1 heterocycles. The summed E-state index contributed by atoms with van der Waals surface area (Å²) < 4.78 is 10.1. The fourth-order valence-electron chi connectivity index (χ4n) is 1.31. The van der Waals surface area contributed by atoms with Gasteiger partial charge in [0.25, 0.3) is 0 Å². The normalized spacial score (nSPS) is 12.3. The zero-order chi connectivity index (χ0) is 11.3. The second-order valence-corrected chi connectivity index (χ2v) is 3.09. The molecule has 84 valence electrons. The van der Waals surface area contributed by atoms with Gasteiger partial charge in [0.15, 0.2) is 0 Å². The van der Waals surface area contributed by atoms with Crippen LogP contribution in [0.15, 0.2) is 6.20 Å². The highest BCUT2D eigenvalue weighted by Crippen LogP contribution is 2.22. The Morgan fingerprint density at radius 3 is 2.67 bits per heavy atom. The lowest BCUT2D eigenvalue weighted by molar-refractivity contribution is 0.351. The average molecular weight is 211 g/mol. The average Bonchev–Trinajstić information content (AvgIpc) is 2.28. The van der Waals surface area contributed by atoms with Crippen molar-refractivity contribution in [2.45, 2.75) is 19.9 Å². The number of ether oxygens (including phenoxy) is 2. The first-order valence-corrected chi connectivity index (χ1v) is 4.91. The van der Waals surface area contributed by atoms with Crippen LogP contribution in [0.5, 0.6) is 11.8 Å². The molecule has 1 aromatic heterocycles. The van der Waals surface area contributed by atoms with Crippen LogP contribution in [0.25, 0.3) is 0 Å². The molecule has 0 fully saturated rings. The molecule has 1 atom stereocenters. The number of rotatable bonds is 5. The monoisotopic (exact) mass is 211 g/mol. The minimum atomic E-state index is 0.114. The maximum Gasteiger partial charge on any atom is 0.240 e. The highest BCUT2D eigenvalue weighted by Gasteiger charge is 2.14. The van der Waals surface area contributed by atoms with Gasteiger partial charge >= 0.3 is 0 Å². The van der Waals surface area contributed by atoms with Gasteiger partial charge in [0.1, 0.15) is 5.69 Å². The van der Waals surface area contributed by atoms with Crippen LogP contribution >= 0.6 is 0 Å². The van der Waals surface area contributed by atoms with Crippen molar-refractivity contribution in [1.29, 1.82) is 0 Å². The molecular weight excluding hydrogens is 194 g/mol. The van der Waals surface area contributed by atoms with E-state index in [4.69, 9.17) is 9.47 Å². The zero-order valence-electron chi connectivity index (χ0n) is 9.57. The molecule has 1 N–H and O–H groups in total. The van der Waals surface area contributed by atoms with Gasteiger partial charge in [-0.05, 0) is 13.5 Å². The Bertz CT molecular complexity index is 318. The van der Waals surface area contributed by atoms with Crippen LogP contribution in [0.3, 0.4) is 0 Å². The van der Waals surface area contributed by atoms with Crippen molar-refractivity contribution in [2.75, 3.05) is 20.8 Å². The number of nitrogens with one attached hydrogen (secondary N) is 1. The summed E-state index contributed by atoms with van der Waals surface area (Å²) in [6.45, 7) is 4.93. The number of nitrogens with zero attached hydrogens (tertiary/aromatic N) is 2. The van der Waals surface area contributed by atoms with Crippen molar-refractivity contribution >= 4 is 0 Å². The molecule has 5 heteroatoms. The molecule has 0 aliphatic rings. The van der Waals surface area contributed by atoms with Crippen LogP contribution in [-0.2, 0) is 0 Å². The van der Waals surface area contributed by atoms with Gasteiger partial charge in [-0.15, -0.1) is 0 Å². The Hall–Kier alpha value is -1.36. The number of hydrogen-bond donors (Lipinski definition) is 1. The predicted molar refractivity (Wildman–Crippen MR) is 57.2 cm³/mol. The topological polar surface area (TPSA) is 56.3 Å². The minimum Gasteiger partial charge on any atom is -0.480 e. The second-order valence-electron chi connectivity index (χ2n) is 3.09. The van der Waals surface area contributed by atoms with Crippen LogP contribution in [0.1, 0.15) is 25.6 Å². The second kappa shape index (κ2) is 5.50. The lowest BCUT2D eigenvalue weighted by Crippen LogP contribution is -2.20. The van der Waals surface area contributed by atoms with Crippen molar-refractivity contribution in [3.8, 4) is 11.8 Å². The highest BCUT2D eigenvalue weighted by molar-refractivity contribution is 5.25. The molecule has 0 aliphatic heterocycles. The molecule has 5 nitrogen and oxygen atoms in total. The Morgan fingerprint density at radius 2 is 2.13 bits per heavy atom. The number of aromatic nitrogens is 2.